The largest absolute Gasteiger partial charge is 0.463 e. The first-order valence-electron chi connectivity index (χ1n) is 8.92. The Hall–Kier alpha value is -3.16. The first-order valence-corrected chi connectivity index (χ1v) is 8.92. The number of carbonyl (C=O) groups is 2. The second-order valence-electron chi connectivity index (χ2n) is 5.93. The Bertz CT molecular complexity index is 782. The quantitative estimate of drug-likeness (QED) is 0.461. The highest BCUT2D eigenvalue weighted by Crippen LogP contribution is 2.31. The van der Waals surface area contributed by atoms with Gasteiger partial charge in [-0.3, -0.25) is 9.59 Å². The molecule has 1 aromatic carbocycles. The van der Waals surface area contributed by atoms with E-state index in [1.807, 2.05) is 30.0 Å². The molecule has 0 aliphatic rings. The fraction of sp³-hybridized carbons (Fsp3) is 0.368. The lowest BCUT2D eigenvalue weighted by Crippen LogP contribution is -2.25. The van der Waals surface area contributed by atoms with E-state index in [1.54, 1.807) is 6.07 Å². The molecule has 0 bridgehead atoms. The Balaban J connectivity index is 2.37. The van der Waals surface area contributed by atoms with Crippen molar-refractivity contribution in [2.45, 2.75) is 33.2 Å². The number of aldehydes is 1. The van der Waals surface area contributed by atoms with Gasteiger partial charge in [-0.15, -0.1) is 0 Å². The second-order valence-corrected chi connectivity index (χ2v) is 5.93. The van der Waals surface area contributed by atoms with Gasteiger partial charge >= 0.3 is 6.01 Å². The highest BCUT2D eigenvalue weighted by Gasteiger charge is 2.18. The normalized spacial score (nSPS) is 10.3. The molecule has 0 saturated heterocycles. The fourth-order valence-corrected chi connectivity index (χ4v) is 2.57. The van der Waals surface area contributed by atoms with Crippen molar-refractivity contribution < 1.29 is 14.3 Å². The Labute approximate surface area is 158 Å². The average molecular weight is 371 g/mol. The number of nitrogens with two attached hydrogens (primary N) is 1. The lowest BCUT2D eigenvalue weighted by atomic mass is 10.1. The molecule has 0 radical (unpaired) electrons. The van der Waals surface area contributed by atoms with Gasteiger partial charge in [0.25, 0.3) is 0 Å². The van der Waals surface area contributed by atoms with Gasteiger partial charge in [-0.2, -0.15) is 9.97 Å². The number of amides is 1. The van der Waals surface area contributed by atoms with Gasteiger partial charge in [-0.1, -0.05) is 31.5 Å². The van der Waals surface area contributed by atoms with Crippen molar-refractivity contribution in [3.8, 4) is 6.01 Å². The molecule has 0 aliphatic heterocycles. The number of carbonyl (C=O) groups excluding carboxylic acids is 2. The summed E-state index contributed by atoms with van der Waals surface area (Å²) < 4.78 is 5.59. The van der Waals surface area contributed by atoms with Crippen LogP contribution in [-0.4, -0.2) is 35.8 Å². The van der Waals surface area contributed by atoms with Crippen LogP contribution in [0.4, 0.5) is 17.3 Å². The van der Waals surface area contributed by atoms with Crippen molar-refractivity contribution in [1.82, 2.24) is 9.97 Å². The van der Waals surface area contributed by atoms with Gasteiger partial charge in [0.2, 0.25) is 6.41 Å². The number of hydrogen-bond donors (Lipinski definition) is 2. The topological polar surface area (TPSA) is 110 Å². The number of hydrogen-bond acceptors (Lipinski definition) is 7. The first-order chi connectivity index (χ1) is 13.1. The maximum atomic E-state index is 11.0. The summed E-state index contributed by atoms with van der Waals surface area (Å²) in [6, 6.07) is 7.48. The van der Waals surface area contributed by atoms with Crippen molar-refractivity contribution in [3.63, 3.8) is 0 Å². The van der Waals surface area contributed by atoms with E-state index in [0.717, 1.165) is 24.7 Å². The molecule has 144 valence electrons. The van der Waals surface area contributed by atoms with Gasteiger partial charge in [-0.25, -0.2) is 0 Å². The summed E-state index contributed by atoms with van der Waals surface area (Å²) in [7, 11) is 0. The van der Waals surface area contributed by atoms with Crippen LogP contribution in [0.15, 0.2) is 24.3 Å². The summed E-state index contributed by atoms with van der Waals surface area (Å²) in [6.07, 6.45) is 3.21. The number of benzene rings is 1. The van der Waals surface area contributed by atoms with Crippen LogP contribution in [-0.2, 0) is 11.3 Å². The van der Waals surface area contributed by atoms with Crippen LogP contribution in [0.25, 0.3) is 0 Å². The predicted molar refractivity (Wildman–Crippen MR) is 105 cm³/mol. The van der Waals surface area contributed by atoms with E-state index in [4.69, 9.17) is 10.5 Å². The molecule has 3 N–H and O–H groups in total. The fourth-order valence-electron chi connectivity index (χ4n) is 2.57. The SMILES string of the molecule is CCCCOc1nc(N)c(NC=O)c(N(CC)Cc2cccc(C=O)c2)n1. The third kappa shape index (κ3) is 5.40. The van der Waals surface area contributed by atoms with Crippen molar-refractivity contribution in [2.24, 2.45) is 0 Å². The highest BCUT2D eigenvalue weighted by atomic mass is 16.5. The minimum atomic E-state index is 0.138. The molecule has 2 aromatic rings. The number of nitrogens with one attached hydrogen (secondary N) is 1. The summed E-state index contributed by atoms with van der Waals surface area (Å²) in [4.78, 5) is 32.6. The number of nitrogens with zero attached hydrogens (tertiary/aromatic N) is 3. The first kappa shape index (κ1) is 20.2. The lowest BCUT2D eigenvalue weighted by Gasteiger charge is -2.25. The zero-order chi connectivity index (χ0) is 19.6. The molecular formula is C19H25N5O3. The highest BCUT2D eigenvalue weighted by molar-refractivity contribution is 5.86. The molecule has 0 unspecified atom stereocenters. The molecule has 0 fully saturated rings. The lowest BCUT2D eigenvalue weighted by molar-refractivity contribution is -0.105. The van der Waals surface area contributed by atoms with Crippen molar-refractivity contribution in [1.29, 1.82) is 0 Å². The second kappa shape index (κ2) is 10.1. The van der Waals surface area contributed by atoms with Crippen LogP contribution < -0.4 is 20.7 Å². The molecule has 1 amide bonds. The van der Waals surface area contributed by atoms with E-state index in [0.29, 0.717) is 43.2 Å². The molecule has 1 aromatic heterocycles. The van der Waals surface area contributed by atoms with Crippen LogP contribution in [0.5, 0.6) is 6.01 Å². The van der Waals surface area contributed by atoms with Crippen molar-refractivity contribution in [2.75, 3.05) is 29.1 Å². The predicted octanol–water partition coefficient (Wildman–Crippen LogP) is 2.65. The molecular weight excluding hydrogens is 346 g/mol. The van der Waals surface area contributed by atoms with Gasteiger partial charge in [0.1, 0.15) is 12.0 Å². The molecule has 0 saturated carbocycles. The maximum Gasteiger partial charge on any atom is 0.320 e. The Kier molecular flexibility index (Phi) is 7.54. The summed E-state index contributed by atoms with van der Waals surface area (Å²) in [6.45, 7) is 5.60. The number of anilines is 3. The van der Waals surface area contributed by atoms with Crippen LogP contribution in [0.3, 0.4) is 0 Å². The number of aromatic nitrogens is 2. The molecule has 8 nitrogen and oxygen atoms in total. The number of rotatable bonds is 11. The summed E-state index contributed by atoms with van der Waals surface area (Å²) >= 11 is 0. The molecule has 0 aliphatic carbocycles. The van der Waals surface area contributed by atoms with E-state index >= 15 is 0 Å². The van der Waals surface area contributed by atoms with E-state index in [1.165, 1.54) is 0 Å². The number of ether oxygens (including phenoxy) is 1. The van der Waals surface area contributed by atoms with Gasteiger partial charge in [0.15, 0.2) is 11.6 Å². The molecule has 0 atom stereocenters. The average Bonchev–Trinajstić information content (AvgIpc) is 2.68. The summed E-state index contributed by atoms with van der Waals surface area (Å²) in [5, 5.41) is 2.58. The zero-order valence-electron chi connectivity index (χ0n) is 15.6. The number of unbranched alkanes of at least 4 members (excludes halogenated alkanes) is 1. The zero-order valence-corrected chi connectivity index (χ0v) is 15.6. The van der Waals surface area contributed by atoms with Crippen LogP contribution in [0.1, 0.15) is 42.6 Å². The third-order valence-corrected chi connectivity index (χ3v) is 3.97. The maximum absolute atomic E-state index is 11.0. The summed E-state index contributed by atoms with van der Waals surface area (Å²) in [5.41, 5.74) is 7.89. The standard InChI is InChI=1S/C19H25N5O3/c1-3-5-9-27-19-22-17(20)16(21-13-26)18(23-19)24(4-2)11-14-7-6-8-15(10-14)12-25/h6-8,10,12-13H,3-5,9,11H2,1-2H3,(H,21,26)(H2,20,22,23). The van der Waals surface area contributed by atoms with Gasteiger partial charge < -0.3 is 20.7 Å². The van der Waals surface area contributed by atoms with E-state index < -0.39 is 0 Å². The van der Waals surface area contributed by atoms with Gasteiger partial charge in [-0.05, 0) is 25.0 Å². The van der Waals surface area contributed by atoms with Crippen LogP contribution >= 0.6 is 0 Å². The monoisotopic (exact) mass is 371 g/mol. The molecule has 1 heterocycles. The Morgan fingerprint density at radius 1 is 1.26 bits per heavy atom. The minimum Gasteiger partial charge on any atom is -0.463 e. The van der Waals surface area contributed by atoms with Crippen LogP contribution in [0, 0.1) is 0 Å². The van der Waals surface area contributed by atoms with Gasteiger partial charge in [0.05, 0.1) is 6.61 Å². The van der Waals surface area contributed by atoms with E-state index in [2.05, 4.69) is 22.2 Å². The van der Waals surface area contributed by atoms with Gasteiger partial charge in [0, 0.05) is 18.7 Å². The smallest absolute Gasteiger partial charge is 0.320 e. The van der Waals surface area contributed by atoms with E-state index in [9.17, 15) is 9.59 Å². The van der Waals surface area contributed by atoms with E-state index in [-0.39, 0.29) is 11.8 Å². The minimum absolute atomic E-state index is 0.138. The Morgan fingerprint density at radius 2 is 2.07 bits per heavy atom. The Morgan fingerprint density at radius 3 is 2.74 bits per heavy atom. The molecule has 2 rings (SSSR count). The molecule has 27 heavy (non-hydrogen) atoms. The molecule has 0 spiro atoms. The molecule has 8 heteroatoms. The van der Waals surface area contributed by atoms with Crippen LogP contribution in [0.2, 0.25) is 0 Å². The number of nitrogen functional groups attached to an aromatic ring is 1. The summed E-state index contributed by atoms with van der Waals surface area (Å²) in [5.74, 6) is 0.610. The third-order valence-electron chi connectivity index (χ3n) is 3.97. The van der Waals surface area contributed by atoms with Crippen molar-refractivity contribution >= 4 is 30.0 Å². The van der Waals surface area contributed by atoms with Crippen molar-refractivity contribution in [3.05, 3.63) is 35.4 Å².